The van der Waals surface area contributed by atoms with Gasteiger partial charge in [0.1, 0.15) is 0 Å². The first-order valence-corrected chi connectivity index (χ1v) is 13.7. The molecular weight excluding hydrogens is 283 g/mol. The van der Waals surface area contributed by atoms with Gasteiger partial charge in [-0.2, -0.15) is 0 Å². The van der Waals surface area contributed by atoms with E-state index in [0.717, 1.165) is 0 Å². The fourth-order valence-corrected chi connectivity index (χ4v) is 4.44. The van der Waals surface area contributed by atoms with Crippen molar-refractivity contribution in [2.45, 2.75) is 0 Å². The van der Waals surface area contributed by atoms with Gasteiger partial charge in [0.05, 0.1) is 0 Å². The molecule has 0 saturated heterocycles. The van der Waals surface area contributed by atoms with E-state index in [1.165, 1.54) is 3.32 Å². The molecule has 1 aromatic carbocycles. The Morgan fingerprint density at radius 3 is 2.67 bits per heavy atom. The van der Waals surface area contributed by atoms with Crippen molar-refractivity contribution in [3.63, 3.8) is 0 Å². The molecule has 1 aromatic rings. The fourth-order valence-electron chi connectivity index (χ4n) is 0.640. The van der Waals surface area contributed by atoms with E-state index < -0.39 is 20.6 Å². The summed E-state index contributed by atoms with van der Waals surface area (Å²) < 4.78 is 1.30. The third-order valence-corrected chi connectivity index (χ3v) is 7.54. The van der Waals surface area contributed by atoms with Crippen LogP contribution < -0.4 is 3.32 Å². The normalized spacial score (nSPS) is 9.00. The van der Waals surface area contributed by atoms with Crippen LogP contribution in [0.3, 0.4) is 0 Å². The van der Waals surface area contributed by atoms with Gasteiger partial charge in [0.15, 0.2) is 0 Å². The zero-order valence-corrected chi connectivity index (χ0v) is 10.5. The number of rotatable bonds is 1. The molecule has 1 rings (SSSR count). The summed E-state index contributed by atoms with van der Waals surface area (Å²) in [5.74, 6) is 0.378. The number of phenolic OH excluding ortho intramolecular Hbond substituents is 1. The van der Waals surface area contributed by atoms with Gasteiger partial charge >= 0.3 is 71.3 Å². The molecule has 9 heavy (non-hydrogen) atoms. The van der Waals surface area contributed by atoms with Crippen LogP contribution in [0.4, 0.5) is 0 Å². The van der Waals surface area contributed by atoms with Crippen molar-refractivity contribution in [3.05, 3.63) is 24.3 Å². The van der Waals surface area contributed by atoms with Gasteiger partial charge in [-0.3, -0.25) is 0 Å². The molecule has 0 spiro atoms. The molecule has 0 aliphatic rings. The molecule has 0 fully saturated rings. The molecule has 0 atom stereocenters. The Morgan fingerprint density at radius 1 is 1.44 bits per heavy atom. The minimum atomic E-state index is -0.826. The molecule has 0 saturated carbocycles. The van der Waals surface area contributed by atoms with Crippen molar-refractivity contribution in [1.82, 2.24) is 0 Å². The summed E-state index contributed by atoms with van der Waals surface area (Å²) in [5.41, 5.74) is 0. The van der Waals surface area contributed by atoms with Crippen molar-refractivity contribution in [3.8, 4) is 5.75 Å². The SMILES string of the molecule is Oc1ccc[c]([InH][Br])c1. The van der Waals surface area contributed by atoms with Gasteiger partial charge in [-0.1, -0.05) is 0 Å². The van der Waals surface area contributed by atoms with E-state index in [4.69, 9.17) is 5.11 Å². The Kier molecular flexibility index (Phi) is 2.92. The standard InChI is InChI=1S/C6H5O.BrH.In.H/c7-6-4-2-1-3-5-6;;;/h1-2,4-5,7H;1H;;/q;;+1;/p-1. The topological polar surface area (TPSA) is 20.2 Å². The molecular formula is C6H6BrInO. The number of halogens is 1. The average Bonchev–Trinajstić information content (AvgIpc) is 1.88. The number of aromatic hydroxyl groups is 1. The van der Waals surface area contributed by atoms with Crippen LogP contribution in [0.2, 0.25) is 0 Å². The van der Waals surface area contributed by atoms with Crippen molar-refractivity contribution in [1.29, 1.82) is 0 Å². The molecule has 0 aromatic heterocycles. The van der Waals surface area contributed by atoms with Crippen LogP contribution in [0.1, 0.15) is 0 Å². The van der Waals surface area contributed by atoms with Crippen LogP contribution in [0, 0.1) is 0 Å². The van der Waals surface area contributed by atoms with E-state index in [-0.39, 0.29) is 0 Å². The third kappa shape index (κ3) is 2.22. The van der Waals surface area contributed by atoms with Crippen LogP contribution >= 0.6 is 12.3 Å². The molecule has 1 nitrogen and oxygen atoms in total. The number of phenols is 1. The van der Waals surface area contributed by atoms with E-state index >= 15 is 0 Å². The number of hydrogen-bond acceptors (Lipinski definition) is 1. The van der Waals surface area contributed by atoms with Gasteiger partial charge in [0.25, 0.3) is 0 Å². The summed E-state index contributed by atoms with van der Waals surface area (Å²) in [5, 5.41) is 8.96. The van der Waals surface area contributed by atoms with Gasteiger partial charge in [0, 0.05) is 0 Å². The molecule has 0 amide bonds. The monoisotopic (exact) mass is 288 g/mol. The van der Waals surface area contributed by atoms with Crippen LogP contribution in [0.15, 0.2) is 24.3 Å². The Morgan fingerprint density at radius 2 is 2.22 bits per heavy atom. The zero-order chi connectivity index (χ0) is 6.69. The molecule has 0 radical (unpaired) electrons. The van der Waals surface area contributed by atoms with Gasteiger partial charge < -0.3 is 0 Å². The van der Waals surface area contributed by atoms with Crippen LogP contribution in [-0.4, -0.2) is 25.7 Å². The molecule has 0 aliphatic carbocycles. The second-order valence-electron chi connectivity index (χ2n) is 1.80. The van der Waals surface area contributed by atoms with Gasteiger partial charge in [0.2, 0.25) is 0 Å². The Balaban J connectivity index is 2.94. The predicted octanol–water partition coefficient (Wildman–Crippen LogP) is 0.764. The van der Waals surface area contributed by atoms with E-state index in [2.05, 4.69) is 12.3 Å². The molecule has 0 aliphatic heterocycles. The van der Waals surface area contributed by atoms with Crippen LogP contribution in [0.5, 0.6) is 5.75 Å². The molecule has 3 heteroatoms. The number of benzene rings is 1. The maximum absolute atomic E-state index is 8.96. The summed E-state index contributed by atoms with van der Waals surface area (Å²) >= 11 is 2.66. The quantitative estimate of drug-likeness (QED) is 0.809. The van der Waals surface area contributed by atoms with Crippen LogP contribution in [-0.2, 0) is 0 Å². The van der Waals surface area contributed by atoms with E-state index in [1.54, 1.807) is 6.07 Å². The molecule has 0 unspecified atom stereocenters. The molecule has 0 bridgehead atoms. The van der Waals surface area contributed by atoms with E-state index in [0.29, 0.717) is 5.75 Å². The van der Waals surface area contributed by atoms with Crippen molar-refractivity contribution < 1.29 is 5.11 Å². The molecule has 0 heterocycles. The Hall–Kier alpha value is 0.370. The summed E-state index contributed by atoms with van der Waals surface area (Å²) in [6.45, 7) is 0. The first kappa shape index (κ1) is 7.48. The van der Waals surface area contributed by atoms with Crippen molar-refractivity contribution >= 4 is 36.2 Å². The second-order valence-corrected chi connectivity index (χ2v) is 8.66. The zero-order valence-electron chi connectivity index (χ0n) is 4.84. The fraction of sp³-hybridized carbons (Fsp3) is 0. The number of hydrogen-bond donors (Lipinski definition) is 1. The summed E-state index contributed by atoms with van der Waals surface area (Å²) in [6.07, 6.45) is 0. The minimum absolute atomic E-state index is 0.378. The maximum atomic E-state index is 8.96. The summed E-state index contributed by atoms with van der Waals surface area (Å²) in [4.78, 5) is 0. The second kappa shape index (κ2) is 3.52. The third-order valence-electron chi connectivity index (χ3n) is 1.06. The van der Waals surface area contributed by atoms with Crippen molar-refractivity contribution in [2.75, 3.05) is 0 Å². The Bertz CT molecular complexity index is 202. The molecule has 1 N–H and O–H groups in total. The first-order chi connectivity index (χ1) is 4.33. The summed E-state index contributed by atoms with van der Waals surface area (Å²) in [6, 6.07) is 7.44. The summed E-state index contributed by atoms with van der Waals surface area (Å²) in [7, 11) is 0. The van der Waals surface area contributed by atoms with Gasteiger partial charge in [-0.05, 0) is 0 Å². The van der Waals surface area contributed by atoms with Crippen molar-refractivity contribution in [2.24, 2.45) is 0 Å². The van der Waals surface area contributed by atoms with Gasteiger partial charge in [-0.15, -0.1) is 0 Å². The van der Waals surface area contributed by atoms with Gasteiger partial charge in [-0.25, -0.2) is 0 Å². The predicted molar refractivity (Wildman–Crippen MR) is 43.8 cm³/mol. The molecule has 46 valence electrons. The first-order valence-electron chi connectivity index (χ1n) is 2.67. The Labute approximate surface area is 70.9 Å². The van der Waals surface area contributed by atoms with E-state index in [9.17, 15) is 0 Å². The van der Waals surface area contributed by atoms with E-state index in [1.807, 2.05) is 18.2 Å². The average molecular weight is 289 g/mol. The van der Waals surface area contributed by atoms with Crippen LogP contribution in [0.25, 0.3) is 0 Å².